The Kier molecular flexibility index (Phi) is 9.85. The number of nitrogens with zero attached hydrogens (tertiary/aromatic N) is 2. The molecule has 0 bridgehead atoms. The fourth-order valence-corrected chi connectivity index (χ4v) is 6.99. The highest BCUT2D eigenvalue weighted by molar-refractivity contribution is 6.23. The van der Waals surface area contributed by atoms with Crippen LogP contribution in [0.25, 0.3) is 21.5 Å². The third-order valence-electron chi connectivity index (χ3n) is 9.43. The van der Waals surface area contributed by atoms with Crippen LogP contribution in [0.5, 0.6) is 0 Å². The molecular formula is C47H44N2. The summed E-state index contributed by atoms with van der Waals surface area (Å²) in [5.74, 6) is 0. The minimum atomic E-state index is 1.03. The maximum absolute atomic E-state index is 3.90. The molecule has 0 aliphatic rings. The molecular weight excluding hydrogens is 593 g/mol. The van der Waals surface area contributed by atoms with E-state index >= 15 is 0 Å². The van der Waals surface area contributed by atoms with Gasteiger partial charge < -0.3 is 9.80 Å². The molecule has 0 aromatic heterocycles. The highest BCUT2D eigenvalue weighted by atomic mass is 15.2. The first-order valence-electron chi connectivity index (χ1n) is 17.7. The number of unbranched alkanes of at least 4 members (excludes halogenated alkanes) is 2. The van der Waals surface area contributed by atoms with Gasteiger partial charge in [-0.15, -0.1) is 6.58 Å². The molecule has 0 heterocycles. The number of hydrogen-bond acceptors (Lipinski definition) is 2. The van der Waals surface area contributed by atoms with E-state index in [0.717, 1.165) is 48.4 Å². The Labute approximate surface area is 291 Å². The molecule has 242 valence electrons. The van der Waals surface area contributed by atoms with Crippen LogP contribution in [0.4, 0.5) is 34.1 Å². The van der Waals surface area contributed by atoms with Crippen LogP contribution in [0.2, 0.25) is 0 Å². The van der Waals surface area contributed by atoms with Crippen molar-refractivity contribution in [3.63, 3.8) is 0 Å². The van der Waals surface area contributed by atoms with Crippen molar-refractivity contribution in [3.05, 3.63) is 182 Å². The number of allylic oxidation sites excluding steroid dienone is 1. The van der Waals surface area contributed by atoms with Gasteiger partial charge in [0.05, 0.1) is 11.4 Å². The minimum absolute atomic E-state index is 1.03. The van der Waals surface area contributed by atoms with Gasteiger partial charge in [-0.05, 0) is 91.8 Å². The smallest absolute Gasteiger partial charge is 0.0619 e. The fraction of sp³-hybridized carbons (Fsp3) is 0.149. The second kappa shape index (κ2) is 15.1. The summed E-state index contributed by atoms with van der Waals surface area (Å²) in [7, 11) is 0. The number of rotatable bonds is 13. The van der Waals surface area contributed by atoms with Crippen LogP contribution >= 0.6 is 0 Å². The largest absolute Gasteiger partial charge is 0.309 e. The quantitative estimate of drug-likeness (QED) is 0.0538. The molecule has 49 heavy (non-hydrogen) atoms. The second-order valence-electron chi connectivity index (χ2n) is 12.7. The van der Waals surface area contributed by atoms with E-state index in [-0.39, 0.29) is 0 Å². The van der Waals surface area contributed by atoms with Crippen molar-refractivity contribution < 1.29 is 0 Å². The van der Waals surface area contributed by atoms with Crippen LogP contribution in [-0.2, 0) is 12.8 Å². The molecule has 0 fully saturated rings. The lowest BCUT2D eigenvalue weighted by atomic mass is 9.95. The van der Waals surface area contributed by atoms with Gasteiger partial charge in [0.15, 0.2) is 0 Å². The number of fused-ring (bicyclic) bond motifs is 2. The minimum Gasteiger partial charge on any atom is -0.309 e. The van der Waals surface area contributed by atoms with Gasteiger partial charge in [-0.3, -0.25) is 0 Å². The lowest BCUT2D eigenvalue weighted by Gasteiger charge is -2.33. The van der Waals surface area contributed by atoms with Gasteiger partial charge in [0, 0.05) is 44.3 Å². The Morgan fingerprint density at radius 3 is 1.14 bits per heavy atom. The predicted molar refractivity (Wildman–Crippen MR) is 213 cm³/mol. The Hall–Kier alpha value is -5.60. The first-order valence-corrected chi connectivity index (χ1v) is 17.7. The molecule has 7 aromatic rings. The number of anilines is 6. The Bertz CT molecular complexity index is 2080. The van der Waals surface area contributed by atoms with E-state index in [1.165, 1.54) is 56.9 Å². The second-order valence-corrected chi connectivity index (χ2v) is 12.7. The summed E-state index contributed by atoms with van der Waals surface area (Å²) < 4.78 is 0. The summed E-state index contributed by atoms with van der Waals surface area (Å²) in [5.41, 5.74) is 9.67. The zero-order chi connectivity index (χ0) is 33.4. The molecule has 7 rings (SSSR count). The number of aryl methyl sites for hydroxylation is 2. The van der Waals surface area contributed by atoms with E-state index in [0.29, 0.717) is 0 Å². The summed E-state index contributed by atoms with van der Waals surface area (Å²) in [5, 5.41) is 4.82. The highest BCUT2D eigenvalue weighted by Crippen LogP contribution is 2.50. The average molecular weight is 637 g/mol. The van der Waals surface area contributed by atoms with Gasteiger partial charge in [-0.1, -0.05) is 129 Å². The number of para-hydroxylation sites is 2. The monoisotopic (exact) mass is 636 g/mol. The van der Waals surface area contributed by atoms with Crippen molar-refractivity contribution in [1.29, 1.82) is 0 Å². The molecule has 0 unspecified atom stereocenters. The molecule has 2 heteroatoms. The van der Waals surface area contributed by atoms with Gasteiger partial charge in [0.1, 0.15) is 0 Å². The van der Waals surface area contributed by atoms with E-state index in [4.69, 9.17) is 0 Å². The van der Waals surface area contributed by atoms with Crippen LogP contribution in [-0.4, -0.2) is 0 Å². The van der Waals surface area contributed by atoms with Crippen LogP contribution in [0.3, 0.4) is 0 Å². The molecule has 0 aliphatic heterocycles. The van der Waals surface area contributed by atoms with Gasteiger partial charge in [-0.2, -0.15) is 0 Å². The normalized spacial score (nSPS) is 11.1. The first kappa shape index (κ1) is 32.0. The third kappa shape index (κ3) is 6.73. The Balaban J connectivity index is 1.48. The van der Waals surface area contributed by atoms with Crippen molar-refractivity contribution in [1.82, 2.24) is 0 Å². The Morgan fingerprint density at radius 1 is 0.429 bits per heavy atom. The lowest BCUT2D eigenvalue weighted by Crippen LogP contribution is -2.14. The van der Waals surface area contributed by atoms with Crippen LogP contribution < -0.4 is 9.80 Å². The average Bonchev–Trinajstić information content (AvgIpc) is 3.17. The molecule has 0 spiro atoms. The molecule has 0 radical (unpaired) electrons. The van der Waals surface area contributed by atoms with Crippen LogP contribution in [0, 0.1) is 0 Å². The SMILES string of the molecule is C=CCCCc1ccc(N(c2ccccc2)c2c3ccccc3c(N(c3ccccc3)c3ccc(CCCC)cc3)c3ccccc23)cc1. The van der Waals surface area contributed by atoms with Crippen molar-refractivity contribution in [2.24, 2.45) is 0 Å². The molecule has 0 saturated carbocycles. The molecule has 0 amide bonds. The van der Waals surface area contributed by atoms with E-state index in [1.807, 2.05) is 6.08 Å². The summed E-state index contributed by atoms with van der Waals surface area (Å²) in [4.78, 5) is 4.89. The zero-order valence-corrected chi connectivity index (χ0v) is 28.4. The molecule has 0 atom stereocenters. The fourth-order valence-electron chi connectivity index (χ4n) is 6.99. The first-order chi connectivity index (χ1) is 24.3. The highest BCUT2D eigenvalue weighted by Gasteiger charge is 2.25. The molecule has 0 aliphatic carbocycles. The molecule has 7 aromatic carbocycles. The van der Waals surface area contributed by atoms with Crippen molar-refractivity contribution in [2.45, 2.75) is 45.4 Å². The van der Waals surface area contributed by atoms with Gasteiger partial charge in [0.25, 0.3) is 0 Å². The van der Waals surface area contributed by atoms with Crippen LogP contribution in [0.1, 0.15) is 43.7 Å². The standard InChI is InChI=1S/C47H44N2/c1-3-5-9-19-37-30-34-41(35-31-37)49(39-22-12-8-13-23-39)47-44-26-16-14-24-42(44)46(43-25-15-17-27-45(43)47)48(38-20-10-7-11-21-38)40-32-28-36(29-33-40)18-6-4-2/h3,7-8,10-17,20-35H,1,4-6,9,18-19H2,2H3. The van der Waals surface area contributed by atoms with Gasteiger partial charge >= 0.3 is 0 Å². The van der Waals surface area contributed by atoms with Gasteiger partial charge in [-0.25, -0.2) is 0 Å². The third-order valence-corrected chi connectivity index (χ3v) is 9.43. The van der Waals surface area contributed by atoms with E-state index in [1.54, 1.807) is 0 Å². The molecule has 0 saturated heterocycles. The van der Waals surface area contributed by atoms with Crippen molar-refractivity contribution in [3.8, 4) is 0 Å². The topological polar surface area (TPSA) is 6.48 Å². The van der Waals surface area contributed by atoms with Gasteiger partial charge in [0.2, 0.25) is 0 Å². The Morgan fingerprint density at radius 2 is 0.776 bits per heavy atom. The van der Waals surface area contributed by atoms with E-state index in [2.05, 4.69) is 181 Å². The molecule has 0 N–H and O–H groups in total. The van der Waals surface area contributed by atoms with Crippen molar-refractivity contribution in [2.75, 3.05) is 9.80 Å². The van der Waals surface area contributed by atoms with E-state index < -0.39 is 0 Å². The van der Waals surface area contributed by atoms with Crippen LogP contribution in [0.15, 0.2) is 170 Å². The summed E-state index contributed by atoms with van der Waals surface area (Å²) >= 11 is 0. The molecule has 2 nitrogen and oxygen atoms in total. The lowest BCUT2D eigenvalue weighted by molar-refractivity contribution is 0.795. The maximum atomic E-state index is 3.90. The summed E-state index contributed by atoms with van der Waals surface area (Å²) in [6, 6.07) is 57.8. The van der Waals surface area contributed by atoms with E-state index in [9.17, 15) is 0 Å². The number of benzene rings is 7. The number of hydrogen-bond donors (Lipinski definition) is 0. The summed E-state index contributed by atoms with van der Waals surface area (Å²) in [6.07, 6.45) is 8.71. The predicted octanol–water partition coefficient (Wildman–Crippen LogP) is 13.8. The maximum Gasteiger partial charge on any atom is 0.0619 e. The zero-order valence-electron chi connectivity index (χ0n) is 28.4. The van der Waals surface area contributed by atoms with Crippen molar-refractivity contribution >= 4 is 55.7 Å². The summed E-state index contributed by atoms with van der Waals surface area (Å²) in [6.45, 7) is 6.16.